The van der Waals surface area contributed by atoms with Crippen LogP contribution in [0.5, 0.6) is 0 Å². The van der Waals surface area contributed by atoms with E-state index in [1.807, 2.05) is 0 Å². The normalized spacial score (nSPS) is 26.4. The molecule has 1 atom stereocenters. The first-order valence-electron chi connectivity index (χ1n) is 8.30. The molecular weight excluding hydrogens is 252 g/mol. The topological polar surface area (TPSA) is 6.48 Å². The van der Waals surface area contributed by atoms with Crippen molar-refractivity contribution in [3.05, 3.63) is 0 Å². The van der Waals surface area contributed by atoms with Gasteiger partial charge >= 0.3 is 0 Å². The van der Waals surface area contributed by atoms with Gasteiger partial charge in [0.1, 0.15) is 0 Å². The number of hydrogen-bond donors (Lipinski definition) is 0. The molecule has 2 nitrogen and oxygen atoms in total. The van der Waals surface area contributed by atoms with Crippen LogP contribution in [0.1, 0.15) is 45.4 Å². The van der Waals surface area contributed by atoms with Crippen LogP contribution in [0.4, 0.5) is 0 Å². The zero-order chi connectivity index (χ0) is 13.5. The van der Waals surface area contributed by atoms with Crippen LogP contribution >= 0.6 is 11.8 Å². The van der Waals surface area contributed by atoms with E-state index in [1.54, 1.807) is 0 Å². The minimum atomic E-state index is 0.921. The van der Waals surface area contributed by atoms with Gasteiger partial charge in [0.2, 0.25) is 0 Å². The lowest BCUT2D eigenvalue weighted by molar-refractivity contribution is 0.276. The first-order chi connectivity index (χ1) is 9.28. The molecule has 3 heteroatoms. The van der Waals surface area contributed by atoms with Gasteiger partial charge in [0, 0.05) is 30.6 Å². The zero-order valence-corrected chi connectivity index (χ0v) is 13.8. The van der Waals surface area contributed by atoms with E-state index in [1.165, 1.54) is 77.0 Å². The summed E-state index contributed by atoms with van der Waals surface area (Å²) in [5.74, 6) is 2.28. The first kappa shape index (κ1) is 15.7. The Bertz CT molecular complexity index is 241. The van der Waals surface area contributed by atoms with Crippen molar-refractivity contribution in [3.63, 3.8) is 0 Å². The van der Waals surface area contributed by atoms with E-state index in [-0.39, 0.29) is 0 Å². The summed E-state index contributed by atoms with van der Waals surface area (Å²) in [6, 6.07) is 0. The van der Waals surface area contributed by atoms with Gasteiger partial charge in [-0.25, -0.2) is 0 Å². The van der Waals surface area contributed by atoms with Gasteiger partial charge in [-0.2, -0.15) is 11.8 Å². The molecule has 1 aliphatic carbocycles. The summed E-state index contributed by atoms with van der Waals surface area (Å²) >= 11 is 2.25. The Kier molecular flexibility index (Phi) is 7.03. The second-order valence-corrected chi connectivity index (χ2v) is 7.85. The van der Waals surface area contributed by atoms with Gasteiger partial charge in [-0.15, -0.1) is 0 Å². The van der Waals surface area contributed by atoms with Gasteiger partial charge in [-0.3, -0.25) is 0 Å². The van der Waals surface area contributed by atoms with Crippen LogP contribution < -0.4 is 0 Å². The van der Waals surface area contributed by atoms with E-state index in [9.17, 15) is 0 Å². The molecule has 1 saturated carbocycles. The fraction of sp³-hybridized carbons (Fsp3) is 1.00. The Labute approximate surface area is 124 Å². The molecule has 112 valence electrons. The molecule has 0 N–H and O–H groups in total. The molecule has 1 unspecified atom stereocenters. The SMILES string of the molecule is CCN(C)CC1CCN(CCSC2CCCCC2)C1. The summed E-state index contributed by atoms with van der Waals surface area (Å²) in [5, 5.41) is 0.985. The van der Waals surface area contributed by atoms with Crippen LogP contribution in [-0.4, -0.2) is 60.6 Å². The molecule has 19 heavy (non-hydrogen) atoms. The molecule has 0 spiro atoms. The molecule has 2 rings (SSSR count). The first-order valence-corrected chi connectivity index (χ1v) is 9.35. The smallest absolute Gasteiger partial charge is 0.00726 e. The summed E-state index contributed by atoms with van der Waals surface area (Å²) in [7, 11) is 2.25. The monoisotopic (exact) mass is 284 g/mol. The maximum Gasteiger partial charge on any atom is 0.00726 e. The predicted octanol–water partition coefficient (Wildman–Crippen LogP) is 3.33. The molecule has 2 aliphatic rings. The second-order valence-electron chi connectivity index (χ2n) is 6.44. The van der Waals surface area contributed by atoms with Crippen molar-refractivity contribution >= 4 is 11.8 Å². The Balaban J connectivity index is 1.54. The van der Waals surface area contributed by atoms with Crippen molar-refractivity contribution in [2.24, 2.45) is 5.92 Å². The third-order valence-electron chi connectivity index (χ3n) is 4.79. The predicted molar refractivity (Wildman–Crippen MR) is 87.0 cm³/mol. The zero-order valence-electron chi connectivity index (χ0n) is 12.9. The van der Waals surface area contributed by atoms with E-state index < -0.39 is 0 Å². The highest BCUT2D eigenvalue weighted by Crippen LogP contribution is 2.28. The quantitative estimate of drug-likeness (QED) is 0.708. The Morgan fingerprint density at radius 3 is 2.68 bits per heavy atom. The number of likely N-dealkylation sites (tertiary alicyclic amines) is 1. The van der Waals surface area contributed by atoms with Crippen LogP contribution in [0.25, 0.3) is 0 Å². The highest BCUT2D eigenvalue weighted by Gasteiger charge is 2.23. The number of nitrogens with zero attached hydrogens (tertiary/aromatic N) is 2. The van der Waals surface area contributed by atoms with Crippen molar-refractivity contribution < 1.29 is 0 Å². The molecule has 0 amide bonds. The Hall–Kier alpha value is 0.270. The third kappa shape index (κ3) is 5.65. The van der Waals surface area contributed by atoms with E-state index in [4.69, 9.17) is 0 Å². The van der Waals surface area contributed by atoms with Crippen molar-refractivity contribution in [1.82, 2.24) is 9.80 Å². The lowest BCUT2D eigenvalue weighted by Gasteiger charge is -2.23. The van der Waals surface area contributed by atoms with Crippen molar-refractivity contribution in [3.8, 4) is 0 Å². The van der Waals surface area contributed by atoms with Gasteiger partial charge < -0.3 is 9.80 Å². The molecule has 0 aromatic carbocycles. The molecule has 2 fully saturated rings. The van der Waals surface area contributed by atoms with Crippen molar-refractivity contribution in [2.45, 2.75) is 50.7 Å². The van der Waals surface area contributed by atoms with Crippen LogP contribution in [0.2, 0.25) is 0 Å². The maximum atomic E-state index is 2.70. The molecule has 0 aromatic rings. The number of thioether (sulfide) groups is 1. The van der Waals surface area contributed by atoms with E-state index in [0.29, 0.717) is 0 Å². The van der Waals surface area contributed by atoms with E-state index >= 15 is 0 Å². The average molecular weight is 285 g/mol. The van der Waals surface area contributed by atoms with E-state index in [0.717, 1.165) is 11.2 Å². The molecule has 0 aromatic heterocycles. The minimum absolute atomic E-state index is 0.921. The lowest BCUT2D eigenvalue weighted by atomic mass is 10.0. The summed E-state index contributed by atoms with van der Waals surface area (Å²) < 4.78 is 0. The van der Waals surface area contributed by atoms with Gasteiger partial charge in [0.25, 0.3) is 0 Å². The molecule has 1 saturated heterocycles. The molecule has 1 heterocycles. The van der Waals surface area contributed by atoms with Gasteiger partial charge in [-0.1, -0.05) is 26.2 Å². The largest absolute Gasteiger partial charge is 0.306 e. The summed E-state index contributed by atoms with van der Waals surface area (Å²) in [6.07, 6.45) is 8.82. The van der Waals surface area contributed by atoms with Crippen LogP contribution in [0.3, 0.4) is 0 Å². The van der Waals surface area contributed by atoms with Gasteiger partial charge in [0.15, 0.2) is 0 Å². The highest BCUT2D eigenvalue weighted by atomic mass is 32.2. The van der Waals surface area contributed by atoms with Crippen molar-refractivity contribution in [1.29, 1.82) is 0 Å². The van der Waals surface area contributed by atoms with Crippen LogP contribution in [0.15, 0.2) is 0 Å². The molecule has 0 bridgehead atoms. The second kappa shape index (κ2) is 8.53. The molecular formula is C16H32N2S. The van der Waals surface area contributed by atoms with Gasteiger partial charge in [-0.05, 0) is 45.3 Å². The summed E-state index contributed by atoms with van der Waals surface area (Å²) in [6.45, 7) is 8.75. The van der Waals surface area contributed by atoms with Crippen LogP contribution in [0, 0.1) is 5.92 Å². The fourth-order valence-corrected chi connectivity index (χ4v) is 4.78. The summed E-state index contributed by atoms with van der Waals surface area (Å²) in [5.41, 5.74) is 0. The standard InChI is InChI=1S/C16H32N2S/c1-3-17(2)13-15-9-10-18(14-15)11-12-19-16-7-5-4-6-8-16/h15-16H,3-14H2,1-2H3. The lowest BCUT2D eigenvalue weighted by Crippen LogP contribution is -2.29. The molecule has 0 radical (unpaired) electrons. The third-order valence-corrected chi connectivity index (χ3v) is 6.15. The Morgan fingerprint density at radius 1 is 1.16 bits per heavy atom. The van der Waals surface area contributed by atoms with E-state index in [2.05, 4.69) is 35.5 Å². The van der Waals surface area contributed by atoms with Gasteiger partial charge in [0.05, 0.1) is 0 Å². The Morgan fingerprint density at radius 2 is 1.95 bits per heavy atom. The average Bonchev–Trinajstić information content (AvgIpc) is 2.87. The highest BCUT2D eigenvalue weighted by molar-refractivity contribution is 7.99. The van der Waals surface area contributed by atoms with Crippen molar-refractivity contribution in [2.75, 3.05) is 45.5 Å². The summed E-state index contributed by atoms with van der Waals surface area (Å²) in [4.78, 5) is 5.16. The minimum Gasteiger partial charge on any atom is -0.306 e. The maximum absolute atomic E-state index is 2.70. The fourth-order valence-electron chi connectivity index (χ4n) is 3.42. The van der Waals surface area contributed by atoms with Crippen LogP contribution in [-0.2, 0) is 0 Å². The number of rotatable bonds is 7. The number of hydrogen-bond acceptors (Lipinski definition) is 3. The molecule has 1 aliphatic heterocycles.